The first-order valence-corrected chi connectivity index (χ1v) is 12.4. The van der Waals surface area contributed by atoms with E-state index in [1.54, 1.807) is 12.1 Å². The molecule has 0 fully saturated rings. The van der Waals surface area contributed by atoms with E-state index in [0.717, 1.165) is 18.4 Å². The maximum Gasteiger partial charge on any atom is 0.220 e. The Balaban J connectivity index is 1.82. The van der Waals surface area contributed by atoms with Gasteiger partial charge in [0.05, 0.1) is 0 Å². The Kier molecular flexibility index (Phi) is 16.8. The largest absolute Gasteiger partial charge is 0.508 e. The van der Waals surface area contributed by atoms with Crippen molar-refractivity contribution in [1.29, 1.82) is 0 Å². The number of nitrogens with one attached hydrogen (secondary N) is 1. The number of hydrogen-bond acceptors (Lipinski definition) is 2. The van der Waals surface area contributed by atoms with Crippen molar-refractivity contribution in [2.24, 2.45) is 0 Å². The van der Waals surface area contributed by atoms with E-state index in [1.807, 2.05) is 24.3 Å². The van der Waals surface area contributed by atoms with Crippen molar-refractivity contribution >= 4 is 12.0 Å². The predicted octanol–water partition coefficient (Wildman–Crippen LogP) is 7.78. The molecule has 0 aliphatic rings. The van der Waals surface area contributed by atoms with E-state index in [-0.39, 0.29) is 11.7 Å². The molecule has 0 saturated carbocycles. The van der Waals surface area contributed by atoms with Gasteiger partial charge in [-0.05, 0) is 24.1 Å². The van der Waals surface area contributed by atoms with Gasteiger partial charge in [-0.15, -0.1) is 0 Å². The predicted molar refractivity (Wildman–Crippen MR) is 130 cm³/mol. The molecule has 2 N–H and O–H groups in total. The Labute approximate surface area is 185 Å². The molecule has 0 spiro atoms. The van der Waals surface area contributed by atoms with Gasteiger partial charge in [-0.2, -0.15) is 0 Å². The van der Waals surface area contributed by atoms with Crippen molar-refractivity contribution in [3.8, 4) is 5.75 Å². The first-order valence-electron chi connectivity index (χ1n) is 12.4. The second kappa shape index (κ2) is 19.2. The van der Waals surface area contributed by atoms with Gasteiger partial charge < -0.3 is 10.4 Å². The van der Waals surface area contributed by atoms with Crippen molar-refractivity contribution in [2.45, 2.75) is 110 Å². The quantitative estimate of drug-likeness (QED) is 0.227. The van der Waals surface area contributed by atoms with E-state index in [1.165, 1.54) is 83.5 Å². The number of amides is 1. The summed E-state index contributed by atoms with van der Waals surface area (Å²) >= 11 is 0. The zero-order valence-corrected chi connectivity index (χ0v) is 19.3. The molecule has 0 aliphatic heterocycles. The summed E-state index contributed by atoms with van der Waals surface area (Å²) in [5.41, 5.74) is 1.02. The number of benzene rings is 1. The summed E-state index contributed by atoms with van der Waals surface area (Å²) in [5, 5.41) is 12.2. The third-order valence-corrected chi connectivity index (χ3v) is 5.63. The van der Waals surface area contributed by atoms with E-state index in [0.29, 0.717) is 13.0 Å². The molecule has 170 valence electrons. The lowest BCUT2D eigenvalue weighted by Crippen LogP contribution is -2.22. The highest BCUT2D eigenvalue weighted by Gasteiger charge is 1.99. The van der Waals surface area contributed by atoms with E-state index in [2.05, 4.69) is 12.2 Å². The smallest absolute Gasteiger partial charge is 0.220 e. The molecule has 0 bridgehead atoms. The van der Waals surface area contributed by atoms with Gasteiger partial charge in [-0.1, -0.05) is 121 Å². The van der Waals surface area contributed by atoms with Crippen LogP contribution in [0.5, 0.6) is 5.75 Å². The molecule has 3 heteroatoms. The van der Waals surface area contributed by atoms with Crippen molar-refractivity contribution in [2.75, 3.05) is 6.54 Å². The Morgan fingerprint density at radius 1 is 0.767 bits per heavy atom. The van der Waals surface area contributed by atoms with Crippen molar-refractivity contribution in [3.63, 3.8) is 0 Å². The molecule has 0 unspecified atom stereocenters. The Morgan fingerprint density at radius 3 is 1.73 bits per heavy atom. The van der Waals surface area contributed by atoms with E-state index < -0.39 is 0 Å². The summed E-state index contributed by atoms with van der Waals surface area (Å²) in [6.07, 6.45) is 24.7. The average Bonchev–Trinajstić information content (AvgIpc) is 2.75. The summed E-state index contributed by atoms with van der Waals surface area (Å²) in [6.45, 7) is 2.83. The van der Waals surface area contributed by atoms with Crippen molar-refractivity contribution in [3.05, 3.63) is 35.9 Å². The fourth-order valence-electron chi connectivity index (χ4n) is 3.70. The summed E-state index contributed by atoms with van der Waals surface area (Å²) < 4.78 is 0. The summed E-state index contributed by atoms with van der Waals surface area (Å²) in [6, 6.07) is 7.02. The fourth-order valence-corrected chi connectivity index (χ4v) is 3.70. The van der Waals surface area contributed by atoms with Gasteiger partial charge in [0.2, 0.25) is 5.91 Å². The van der Waals surface area contributed by atoms with Crippen molar-refractivity contribution < 1.29 is 9.90 Å². The molecule has 0 saturated heterocycles. The summed E-state index contributed by atoms with van der Waals surface area (Å²) in [7, 11) is 0. The highest BCUT2D eigenvalue weighted by Crippen LogP contribution is 2.14. The van der Waals surface area contributed by atoms with Gasteiger partial charge in [-0.25, -0.2) is 0 Å². The van der Waals surface area contributed by atoms with Crippen LogP contribution in [-0.4, -0.2) is 17.6 Å². The van der Waals surface area contributed by atoms with Gasteiger partial charge in [0, 0.05) is 13.0 Å². The zero-order valence-electron chi connectivity index (χ0n) is 19.3. The van der Waals surface area contributed by atoms with Gasteiger partial charge >= 0.3 is 0 Å². The number of unbranched alkanes of at least 4 members (excludes halogenated alkanes) is 14. The van der Waals surface area contributed by atoms with Crippen LogP contribution in [0.2, 0.25) is 0 Å². The number of carbonyl (C=O) groups excluding carboxylic acids is 1. The van der Waals surface area contributed by atoms with Gasteiger partial charge in [0.1, 0.15) is 5.75 Å². The molecular weight excluding hydrogens is 370 g/mol. The van der Waals surface area contributed by atoms with Crippen LogP contribution < -0.4 is 5.32 Å². The fraction of sp³-hybridized carbons (Fsp3) is 0.667. The van der Waals surface area contributed by atoms with Crippen LogP contribution in [0.15, 0.2) is 30.3 Å². The van der Waals surface area contributed by atoms with Gasteiger partial charge in [0.25, 0.3) is 0 Å². The van der Waals surface area contributed by atoms with Crippen LogP contribution in [0, 0.1) is 0 Å². The SMILES string of the molecule is CCCCCCCCCCCCCCCCCC(=O)NC/C=C/c1ccc(O)cc1. The molecule has 0 heterocycles. The lowest BCUT2D eigenvalue weighted by molar-refractivity contribution is -0.121. The third kappa shape index (κ3) is 16.1. The maximum atomic E-state index is 11.9. The monoisotopic (exact) mass is 415 g/mol. The second-order valence-corrected chi connectivity index (χ2v) is 8.50. The van der Waals surface area contributed by atoms with Crippen LogP contribution >= 0.6 is 0 Å². The van der Waals surface area contributed by atoms with E-state index in [4.69, 9.17) is 0 Å². The number of aromatic hydroxyl groups is 1. The number of rotatable bonds is 19. The standard InChI is InChI=1S/C27H45NO2/c1-2-3-4-5-6-7-8-9-10-11-12-13-14-15-16-19-27(30)28-24-17-18-25-20-22-26(29)23-21-25/h17-18,20-23,29H,2-16,19,24H2,1H3,(H,28,30)/b18-17+. The molecule has 1 aromatic carbocycles. The number of phenols is 1. The molecular formula is C27H45NO2. The third-order valence-electron chi connectivity index (χ3n) is 5.63. The molecule has 1 aromatic rings. The normalized spacial score (nSPS) is 11.2. The maximum absolute atomic E-state index is 11.9. The minimum absolute atomic E-state index is 0.139. The molecule has 0 aromatic heterocycles. The Hall–Kier alpha value is -1.77. The number of carbonyl (C=O) groups is 1. The van der Waals surface area contributed by atoms with E-state index in [9.17, 15) is 9.90 Å². The Morgan fingerprint density at radius 2 is 1.23 bits per heavy atom. The second-order valence-electron chi connectivity index (χ2n) is 8.50. The topological polar surface area (TPSA) is 49.3 Å². The highest BCUT2D eigenvalue weighted by atomic mass is 16.3. The van der Waals surface area contributed by atoms with Gasteiger partial charge in [0.15, 0.2) is 0 Å². The lowest BCUT2D eigenvalue weighted by Gasteiger charge is -2.04. The van der Waals surface area contributed by atoms with Crippen LogP contribution in [-0.2, 0) is 4.79 Å². The van der Waals surface area contributed by atoms with Crippen LogP contribution in [0.4, 0.5) is 0 Å². The number of hydrogen-bond donors (Lipinski definition) is 2. The van der Waals surface area contributed by atoms with Crippen LogP contribution in [0.1, 0.15) is 115 Å². The summed E-state index contributed by atoms with van der Waals surface area (Å²) in [5.74, 6) is 0.406. The average molecular weight is 416 g/mol. The molecule has 0 atom stereocenters. The zero-order chi connectivity index (χ0) is 21.7. The number of phenolic OH excluding ortho intramolecular Hbond substituents is 1. The highest BCUT2D eigenvalue weighted by molar-refractivity contribution is 5.76. The molecule has 0 aliphatic carbocycles. The Bertz CT molecular complexity index is 550. The van der Waals surface area contributed by atoms with Crippen LogP contribution in [0.3, 0.4) is 0 Å². The van der Waals surface area contributed by atoms with Gasteiger partial charge in [-0.3, -0.25) is 4.79 Å². The lowest BCUT2D eigenvalue weighted by atomic mass is 10.0. The summed E-state index contributed by atoms with van der Waals surface area (Å²) in [4.78, 5) is 11.9. The van der Waals surface area contributed by atoms with Crippen molar-refractivity contribution in [1.82, 2.24) is 5.32 Å². The van der Waals surface area contributed by atoms with Crippen LogP contribution in [0.25, 0.3) is 6.08 Å². The minimum Gasteiger partial charge on any atom is -0.508 e. The first-order chi connectivity index (χ1) is 14.7. The molecule has 30 heavy (non-hydrogen) atoms. The molecule has 1 amide bonds. The molecule has 3 nitrogen and oxygen atoms in total. The van der Waals surface area contributed by atoms with E-state index >= 15 is 0 Å². The minimum atomic E-state index is 0.139. The molecule has 0 radical (unpaired) electrons. The molecule has 1 rings (SSSR count). The first kappa shape index (κ1) is 26.3.